The highest BCUT2D eigenvalue weighted by Crippen LogP contribution is 2.34. The Bertz CT molecular complexity index is 654. The number of nitrogens with one attached hydrogen (secondary N) is 1. The van der Waals surface area contributed by atoms with Crippen molar-refractivity contribution in [2.45, 2.75) is 44.4 Å². The molecule has 0 unspecified atom stereocenters. The first-order valence-corrected chi connectivity index (χ1v) is 9.74. The molecule has 1 aliphatic rings. The van der Waals surface area contributed by atoms with Crippen LogP contribution in [0.1, 0.15) is 59.6 Å². The fourth-order valence-electron chi connectivity index (χ4n) is 3.40. The Morgan fingerprint density at radius 3 is 2.67 bits per heavy atom. The Hall–Kier alpha value is -1.81. The lowest BCUT2D eigenvalue weighted by Gasteiger charge is -2.24. The Morgan fingerprint density at radius 1 is 1.08 bits per heavy atom. The molecule has 0 aliphatic heterocycles. The average molecular weight is 340 g/mol. The minimum absolute atomic E-state index is 0.124. The zero-order chi connectivity index (χ0) is 16.6. The molecule has 4 heteroatoms. The van der Waals surface area contributed by atoms with Gasteiger partial charge in [0.05, 0.1) is 0 Å². The summed E-state index contributed by atoms with van der Waals surface area (Å²) in [5, 5.41) is 0. The number of benzene rings is 1. The Balaban J connectivity index is 1.51. The van der Waals surface area contributed by atoms with E-state index in [9.17, 15) is 4.79 Å². The molecule has 1 aliphatic carbocycles. The lowest BCUT2D eigenvalue weighted by Crippen LogP contribution is -2.18. The molecular weight excluding hydrogens is 316 g/mol. The van der Waals surface area contributed by atoms with Crippen LogP contribution in [-0.4, -0.2) is 16.6 Å². The molecule has 1 N–H and O–H groups in total. The molecule has 0 radical (unpaired) electrons. The molecule has 2 aromatic rings. The van der Waals surface area contributed by atoms with Crippen LogP contribution in [0.15, 0.2) is 48.7 Å². The third kappa shape index (κ3) is 4.60. The molecule has 1 aromatic heterocycles. The maximum absolute atomic E-state index is 12.0. The molecule has 0 bridgehead atoms. The van der Waals surface area contributed by atoms with Gasteiger partial charge in [-0.05, 0) is 60.4 Å². The van der Waals surface area contributed by atoms with Crippen molar-refractivity contribution in [3.05, 3.63) is 65.5 Å². The lowest BCUT2D eigenvalue weighted by molar-refractivity contribution is 0.0979. The van der Waals surface area contributed by atoms with Gasteiger partial charge in [0.1, 0.15) is 5.69 Å². The van der Waals surface area contributed by atoms with Crippen LogP contribution in [0.5, 0.6) is 0 Å². The number of aryl methyl sites for hydroxylation is 1. The number of carbonyl (C=O) groups is 1. The van der Waals surface area contributed by atoms with E-state index < -0.39 is 0 Å². The van der Waals surface area contributed by atoms with Gasteiger partial charge in [0, 0.05) is 11.9 Å². The second kappa shape index (κ2) is 8.88. The molecule has 0 spiro atoms. The van der Waals surface area contributed by atoms with Crippen molar-refractivity contribution in [1.82, 2.24) is 9.71 Å². The molecule has 3 rings (SSSR count). The van der Waals surface area contributed by atoms with Crippen molar-refractivity contribution in [1.29, 1.82) is 0 Å². The zero-order valence-corrected chi connectivity index (χ0v) is 14.7. The van der Waals surface area contributed by atoms with E-state index in [4.69, 9.17) is 0 Å². The van der Waals surface area contributed by atoms with Gasteiger partial charge in [0.15, 0.2) is 0 Å². The monoisotopic (exact) mass is 340 g/mol. The highest BCUT2D eigenvalue weighted by atomic mass is 32.2. The molecule has 0 atom stereocenters. The SMILES string of the molecule is O=C(NSCCc1ccccc1C1CCCCC1)c1ccccn1. The molecule has 1 saturated carbocycles. The van der Waals surface area contributed by atoms with Gasteiger partial charge in [0.25, 0.3) is 5.91 Å². The summed E-state index contributed by atoms with van der Waals surface area (Å²) in [6, 6.07) is 14.2. The van der Waals surface area contributed by atoms with Gasteiger partial charge in [-0.3, -0.25) is 14.5 Å². The normalized spacial score (nSPS) is 15.2. The summed E-state index contributed by atoms with van der Waals surface area (Å²) in [5.74, 6) is 1.48. The maximum atomic E-state index is 12.0. The molecule has 126 valence electrons. The Labute approximate surface area is 148 Å². The summed E-state index contributed by atoms with van der Waals surface area (Å²) in [6.45, 7) is 0. The number of hydrogen-bond donors (Lipinski definition) is 1. The van der Waals surface area contributed by atoms with Crippen LogP contribution >= 0.6 is 11.9 Å². The average Bonchev–Trinajstić information content (AvgIpc) is 2.67. The first kappa shape index (κ1) is 17.0. The summed E-state index contributed by atoms with van der Waals surface area (Å²) < 4.78 is 2.88. The van der Waals surface area contributed by atoms with Crippen molar-refractivity contribution in [3.8, 4) is 0 Å². The summed E-state index contributed by atoms with van der Waals surface area (Å²) in [5.41, 5.74) is 3.42. The van der Waals surface area contributed by atoms with Crippen molar-refractivity contribution in [2.75, 3.05) is 5.75 Å². The van der Waals surface area contributed by atoms with Crippen molar-refractivity contribution in [2.24, 2.45) is 0 Å². The highest BCUT2D eigenvalue weighted by molar-refractivity contribution is 7.97. The van der Waals surface area contributed by atoms with E-state index in [1.54, 1.807) is 12.3 Å². The molecule has 1 amide bonds. The summed E-state index contributed by atoms with van der Waals surface area (Å²) in [6.07, 6.45) is 9.36. The summed E-state index contributed by atoms with van der Waals surface area (Å²) >= 11 is 1.47. The quantitative estimate of drug-likeness (QED) is 0.609. The largest absolute Gasteiger partial charge is 0.295 e. The number of carbonyl (C=O) groups excluding carboxylic acids is 1. The molecule has 3 nitrogen and oxygen atoms in total. The van der Waals surface area contributed by atoms with Crippen molar-refractivity contribution in [3.63, 3.8) is 0 Å². The van der Waals surface area contributed by atoms with Gasteiger partial charge in [-0.1, -0.05) is 49.6 Å². The highest BCUT2D eigenvalue weighted by Gasteiger charge is 2.17. The number of nitrogens with zero attached hydrogens (tertiary/aromatic N) is 1. The van der Waals surface area contributed by atoms with Crippen LogP contribution in [0.2, 0.25) is 0 Å². The molecule has 24 heavy (non-hydrogen) atoms. The van der Waals surface area contributed by atoms with E-state index in [2.05, 4.69) is 34.0 Å². The first-order valence-electron chi connectivity index (χ1n) is 8.75. The van der Waals surface area contributed by atoms with Crippen molar-refractivity contribution >= 4 is 17.9 Å². The Kier molecular flexibility index (Phi) is 6.30. The number of amides is 1. The first-order chi connectivity index (χ1) is 11.8. The molecule has 1 heterocycles. The zero-order valence-electron chi connectivity index (χ0n) is 13.9. The third-order valence-electron chi connectivity index (χ3n) is 4.64. The fraction of sp³-hybridized carbons (Fsp3) is 0.400. The molecule has 1 aromatic carbocycles. The van der Waals surface area contributed by atoms with E-state index >= 15 is 0 Å². The van der Waals surface area contributed by atoms with E-state index in [0.29, 0.717) is 5.69 Å². The van der Waals surface area contributed by atoms with Crippen LogP contribution in [-0.2, 0) is 6.42 Å². The number of rotatable bonds is 6. The second-order valence-corrected chi connectivity index (χ2v) is 7.18. The van der Waals surface area contributed by atoms with Gasteiger partial charge < -0.3 is 0 Å². The molecule has 0 saturated heterocycles. The topological polar surface area (TPSA) is 42.0 Å². The summed E-state index contributed by atoms with van der Waals surface area (Å²) in [4.78, 5) is 16.0. The van der Waals surface area contributed by atoms with Crippen LogP contribution in [0.25, 0.3) is 0 Å². The van der Waals surface area contributed by atoms with Crippen molar-refractivity contribution < 1.29 is 4.79 Å². The fourth-order valence-corrected chi connectivity index (χ4v) is 4.06. The maximum Gasteiger partial charge on any atom is 0.279 e. The standard InChI is InChI=1S/C20H24N2OS/c23-20(19-12-6-7-14-21-19)22-24-15-13-17-10-4-5-11-18(17)16-8-2-1-3-9-16/h4-7,10-12,14,16H,1-3,8-9,13,15H2,(H,22,23). The van der Waals surface area contributed by atoms with E-state index in [-0.39, 0.29) is 5.91 Å². The van der Waals surface area contributed by atoms with Gasteiger partial charge >= 0.3 is 0 Å². The van der Waals surface area contributed by atoms with Gasteiger partial charge in [-0.2, -0.15) is 0 Å². The Morgan fingerprint density at radius 2 is 1.88 bits per heavy atom. The molecule has 1 fully saturated rings. The smallest absolute Gasteiger partial charge is 0.279 e. The van der Waals surface area contributed by atoms with Gasteiger partial charge in [-0.15, -0.1) is 0 Å². The van der Waals surface area contributed by atoms with Crippen LogP contribution < -0.4 is 4.72 Å². The minimum atomic E-state index is -0.124. The van der Waals surface area contributed by atoms with E-state index in [1.165, 1.54) is 55.2 Å². The lowest BCUT2D eigenvalue weighted by atomic mass is 9.82. The van der Waals surface area contributed by atoms with Gasteiger partial charge in [0.2, 0.25) is 0 Å². The predicted molar refractivity (Wildman–Crippen MR) is 100 cm³/mol. The molecular formula is C20H24N2OS. The third-order valence-corrected chi connectivity index (χ3v) is 5.37. The van der Waals surface area contributed by atoms with Crippen LogP contribution in [0.3, 0.4) is 0 Å². The second-order valence-electron chi connectivity index (χ2n) is 6.28. The van der Waals surface area contributed by atoms with E-state index in [0.717, 1.165) is 18.1 Å². The summed E-state index contributed by atoms with van der Waals surface area (Å²) in [7, 11) is 0. The van der Waals surface area contributed by atoms with Gasteiger partial charge in [-0.25, -0.2) is 0 Å². The number of pyridine rings is 1. The number of aromatic nitrogens is 1. The number of hydrogen-bond acceptors (Lipinski definition) is 3. The minimum Gasteiger partial charge on any atom is -0.295 e. The predicted octanol–water partition coefficient (Wildman–Crippen LogP) is 4.75. The van der Waals surface area contributed by atoms with Crippen LogP contribution in [0, 0.1) is 0 Å². The van der Waals surface area contributed by atoms with Crippen LogP contribution in [0.4, 0.5) is 0 Å². The van der Waals surface area contributed by atoms with E-state index in [1.807, 2.05) is 12.1 Å².